The van der Waals surface area contributed by atoms with Gasteiger partial charge < -0.3 is 20.1 Å². The summed E-state index contributed by atoms with van der Waals surface area (Å²) in [4.78, 5) is 11.8. The van der Waals surface area contributed by atoms with E-state index in [0.29, 0.717) is 24.0 Å². The van der Waals surface area contributed by atoms with Crippen molar-refractivity contribution in [2.45, 2.75) is 12.8 Å². The van der Waals surface area contributed by atoms with Crippen molar-refractivity contribution in [1.82, 2.24) is 5.32 Å². The maximum absolute atomic E-state index is 11.8. The minimum Gasteiger partial charge on any atom is -0.495 e. The first-order valence-corrected chi connectivity index (χ1v) is 7.01. The van der Waals surface area contributed by atoms with E-state index in [-0.39, 0.29) is 12.5 Å². The van der Waals surface area contributed by atoms with Crippen LogP contribution in [0.5, 0.6) is 5.75 Å². The number of hydrogen-bond donors (Lipinski definition) is 2. The number of methoxy groups -OCH3 is 1. The Labute approximate surface area is 119 Å². The van der Waals surface area contributed by atoms with E-state index < -0.39 is 0 Å². The Bertz CT molecular complexity index is 431. The lowest BCUT2D eigenvalue weighted by Gasteiger charge is -2.11. The molecule has 1 aliphatic heterocycles. The summed E-state index contributed by atoms with van der Waals surface area (Å²) in [5.74, 6) is 1.18. The van der Waals surface area contributed by atoms with Crippen molar-refractivity contribution in [2.24, 2.45) is 5.92 Å². The molecule has 1 aliphatic rings. The van der Waals surface area contributed by atoms with Gasteiger partial charge in [0.1, 0.15) is 12.4 Å². The Hall–Kier alpha value is -1.59. The van der Waals surface area contributed by atoms with Gasteiger partial charge in [-0.15, -0.1) is 0 Å². The van der Waals surface area contributed by atoms with Gasteiger partial charge in [0.05, 0.1) is 12.8 Å². The molecule has 0 spiro atoms. The summed E-state index contributed by atoms with van der Waals surface area (Å²) < 4.78 is 10.6. The highest BCUT2D eigenvalue weighted by molar-refractivity contribution is 5.93. The molecular formula is C15H22N2O3. The molecule has 1 atom stereocenters. The second-order valence-electron chi connectivity index (χ2n) is 4.95. The predicted octanol–water partition coefficient (Wildman–Crippen LogP) is 1.65. The second kappa shape index (κ2) is 7.87. The summed E-state index contributed by atoms with van der Waals surface area (Å²) in [7, 11) is 1.58. The van der Waals surface area contributed by atoms with Crippen LogP contribution in [0.25, 0.3) is 0 Å². The number of amides is 1. The van der Waals surface area contributed by atoms with Crippen LogP contribution in [0.15, 0.2) is 24.3 Å². The van der Waals surface area contributed by atoms with Crippen LogP contribution in [-0.4, -0.2) is 39.3 Å². The Kier molecular flexibility index (Phi) is 5.83. The monoisotopic (exact) mass is 278 g/mol. The van der Waals surface area contributed by atoms with Crippen LogP contribution >= 0.6 is 0 Å². The standard InChI is InChI=1S/C15H22N2O3/c1-19-14-5-3-2-4-13(14)17-15(18)11-20-9-7-12-6-8-16-10-12/h2-5,12,16H,6-11H2,1H3,(H,17,18). The smallest absolute Gasteiger partial charge is 0.250 e. The number of benzene rings is 1. The maximum atomic E-state index is 11.8. The Morgan fingerprint density at radius 3 is 3.05 bits per heavy atom. The van der Waals surface area contributed by atoms with Crippen molar-refractivity contribution in [1.29, 1.82) is 0 Å². The minimum absolute atomic E-state index is 0.0815. The normalized spacial score (nSPS) is 17.9. The summed E-state index contributed by atoms with van der Waals surface area (Å²) >= 11 is 0. The third-order valence-electron chi connectivity index (χ3n) is 3.45. The number of rotatable bonds is 7. The van der Waals surface area contributed by atoms with Gasteiger partial charge in [-0.1, -0.05) is 12.1 Å². The molecule has 1 amide bonds. The summed E-state index contributed by atoms with van der Waals surface area (Å²) in [6, 6.07) is 7.33. The molecule has 1 fully saturated rings. The van der Waals surface area contributed by atoms with Crippen LogP contribution in [0.1, 0.15) is 12.8 Å². The van der Waals surface area contributed by atoms with E-state index in [4.69, 9.17) is 9.47 Å². The van der Waals surface area contributed by atoms with Crippen LogP contribution in [0.2, 0.25) is 0 Å². The summed E-state index contributed by atoms with van der Waals surface area (Å²) in [5, 5.41) is 6.11. The Balaban J connectivity index is 1.67. The molecule has 5 heteroatoms. The molecule has 1 aromatic rings. The fourth-order valence-electron chi connectivity index (χ4n) is 2.31. The first-order chi connectivity index (χ1) is 9.79. The number of anilines is 1. The quantitative estimate of drug-likeness (QED) is 0.745. The molecular weight excluding hydrogens is 256 g/mol. The number of para-hydroxylation sites is 2. The van der Waals surface area contributed by atoms with Gasteiger partial charge in [-0.05, 0) is 44.0 Å². The highest BCUT2D eigenvalue weighted by atomic mass is 16.5. The largest absolute Gasteiger partial charge is 0.495 e. The van der Waals surface area contributed by atoms with E-state index in [0.717, 1.165) is 19.5 Å². The lowest BCUT2D eigenvalue weighted by molar-refractivity contribution is -0.120. The van der Waals surface area contributed by atoms with Crippen molar-refractivity contribution in [3.63, 3.8) is 0 Å². The van der Waals surface area contributed by atoms with Crippen LogP contribution in [-0.2, 0) is 9.53 Å². The molecule has 1 unspecified atom stereocenters. The average molecular weight is 278 g/mol. The minimum atomic E-state index is -0.154. The fourth-order valence-corrected chi connectivity index (χ4v) is 2.31. The van der Waals surface area contributed by atoms with Gasteiger partial charge in [-0.3, -0.25) is 4.79 Å². The zero-order chi connectivity index (χ0) is 14.2. The van der Waals surface area contributed by atoms with Crippen LogP contribution < -0.4 is 15.4 Å². The molecule has 2 rings (SSSR count). The molecule has 1 heterocycles. The number of ether oxygens (including phenoxy) is 2. The Morgan fingerprint density at radius 1 is 1.45 bits per heavy atom. The molecule has 110 valence electrons. The van der Waals surface area contributed by atoms with E-state index in [9.17, 15) is 4.79 Å². The summed E-state index contributed by atoms with van der Waals surface area (Å²) in [6.45, 7) is 2.87. The Morgan fingerprint density at radius 2 is 2.30 bits per heavy atom. The number of carbonyl (C=O) groups excluding carboxylic acids is 1. The zero-order valence-electron chi connectivity index (χ0n) is 11.9. The molecule has 20 heavy (non-hydrogen) atoms. The topological polar surface area (TPSA) is 59.6 Å². The highest BCUT2D eigenvalue weighted by Crippen LogP contribution is 2.22. The van der Waals surface area contributed by atoms with Gasteiger partial charge in [-0.25, -0.2) is 0 Å². The molecule has 5 nitrogen and oxygen atoms in total. The molecule has 1 aromatic carbocycles. The van der Waals surface area contributed by atoms with Gasteiger partial charge in [-0.2, -0.15) is 0 Å². The van der Waals surface area contributed by atoms with E-state index in [1.54, 1.807) is 13.2 Å². The first-order valence-electron chi connectivity index (χ1n) is 7.01. The molecule has 1 saturated heterocycles. The predicted molar refractivity (Wildman–Crippen MR) is 78.0 cm³/mol. The number of nitrogens with one attached hydrogen (secondary N) is 2. The lowest BCUT2D eigenvalue weighted by atomic mass is 10.1. The summed E-state index contributed by atoms with van der Waals surface area (Å²) in [5.41, 5.74) is 0.670. The van der Waals surface area contributed by atoms with Crippen molar-refractivity contribution in [3.05, 3.63) is 24.3 Å². The van der Waals surface area contributed by atoms with E-state index >= 15 is 0 Å². The molecule has 0 saturated carbocycles. The lowest BCUT2D eigenvalue weighted by Crippen LogP contribution is -2.20. The molecule has 2 N–H and O–H groups in total. The van der Waals surface area contributed by atoms with Crippen LogP contribution in [0.3, 0.4) is 0 Å². The average Bonchev–Trinajstić information content (AvgIpc) is 2.97. The second-order valence-corrected chi connectivity index (χ2v) is 4.95. The maximum Gasteiger partial charge on any atom is 0.250 e. The third kappa shape index (κ3) is 4.51. The number of hydrogen-bond acceptors (Lipinski definition) is 4. The van der Waals surface area contributed by atoms with E-state index in [1.807, 2.05) is 18.2 Å². The van der Waals surface area contributed by atoms with Crippen LogP contribution in [0.4, 0.5) is 5.69 Å². The van der Waals surface area contributed by atoms with Crippen LogP contribution in [0, 0.1) is 5.92 Å². The van der Waals surface area contributed by atoms with Crippen molar-refractivity contribution < 1.29 is 14.3 Å². The van der Waals surface area contributed by atoms with Gasteiger partial charge >= 0.3 is 0 Å². The van der Waals surface area contributed by atoms with Gasteiger partial charge in [0, 0.05) is 6.61 Å². The summed E-state index contributed by atoms with van der Waals surface area (Å²) in [6.07, 6.45) is 2.21. The molecule has 0 bridgehead atoms. The molecule has 0 aromatic heterocycles. The highest BCUT2D eigenvalue weighted by Gasteiger charge is 2.14. The SMILES string of the molecule is COc1ccccc1NC(=O)COCCC1CCNC1. The zero-order valence-corrected chi connectivity index (χ0v) is 11.9. The van der Waals surface area contributed by atoms with Crippen molar-refractivity contribution >= 4 is 11.6 Å². The third-order valence-corrected chi connectivity index (χ3v) is 3.45. The van der Waals surface area contributed by atoms with E-state index in [2.05, 4.69) is 10.6 Å². The molecule has 0 radical (unpaired) electrons. The van der Waals surface area contributed by atoms with E-state index in [1.165, 1.54) is 6.42 Å². The van der Waals surface area contributed by atoms with Gasteiger partial charge in [0.15, 0.2) is 0 Å². The van der Waals surface area contributed by atoms with Crippen molar-refractivity contribution in [3.8, 4) is 5.75 Å². The molecule has 0 aliphatic carbocycles. The van der Waals surface area contributed by atoms with Gasteiger partial charge in [0.2, 0.25) is 5.91 Å². The van der Waals surface area contributed by atoms with Crippen molar-refractivity contribution in [2.75, 3.05) is 38.7 Å². The number of carbonyl (C=O) groups is 1. The fraction of sp³-hybridized carbons (Fsp3) is 0.533. The first kappa shape index (κ1) is 14.8. The van der Waals surface area contributed by atoms with Gasteiger partial charge in [0.25, 0.3) is 0 Å².